The summed E-state index contributed by atoms with van der Waals surface area (Å²) in [6.07, 6.45) is -0.289. The maximum atomic E-state index is 9.83. The zero-order chi connectivity index (χ0) is 13.8. The van der Waals surface area contributed by atoms with Crippen LogP contribution in [-0.4, -0.2) is 17.8 Å². The lowest BCUT2D eigenvalue weighted by atomic mass is 10.0. The molecule has 0 spiro atoms. The van der Waals surface area contributed by atoms with Crippen molar-refractivity contribution in [3.05, 3.63) is 48.0 Å². The molecule has 19 heavy (non-hydrogen) atoms. The zero-order valence-electron chi connectivity index (χ0n) is 11.9. The third kappa shape index (κ3) is 3.55. The van der Waals surface area contributed by atoms with E-state index in [1.165, 1.54) is 16.3 Å². The van der Waals surface area contributed by atoms with Gasteiger partial charge in [-0.25, -0.2) is 0 Å². The molecule has 0 heterocycles. The fourth-order valence-corrected chi connectivity index (χ4v) is 2.13. The van der Waals surface area contributed by atoms with Gasteiger partial charge in [0, 0.05) is 12.6 Å². The quantitative estimate of drug-likeness (QED) is 0.859. The van der Waals surface area contributed by atoms with E-state index in [1.807, 2.05) is 13.8 Å². The normalized spacial score (nSPS) is 14.8. The van der Waals surface area contributed by atoms with Gasteiger partial charge in [0.05, 0.1) is 6.10 Å². The van der Waals surface area contributed by atoms with Crippen LogP contribution in [0.3, 0.4) is 0 Å². The summed E-state index contributed by atoms with van der Waals surface area (Å²) in [5.74, 6) is 0.288. The number of rotatable bonds is 5. The van der Waals surface area contributed by atoms with Crippen molar-refractivity contribution in [2.75, 3.05) is 6.54 Å². The highest BCUT2D eigenvalue weighted by Crippen LogP contribution is 2.20. The lowest BCUT2D eigenvalue weighted by Gasteiger charge is -2.20. The van der Waals surface area contributed by atoms with Gasteiger partial charge in [-0.3, -0.25) is 0 Å². The highest BCUT2D eigenvalue weighted by Gasteiger charge is 2.11. The number of fused-ring (bicyclic) bond motifs is 1. The maximum Gasteiger partial charge on any atom is 0.0687 e. The summed E-state index contributed by atoms with van der Waals surface area (Å²) in [6, 6.07) is 15.2. The van der Waals surface area contributed by atoms with Crippen molar-refractivity contribution >= 4 is 10.8 Å². The molecule has 2 nitrogen and oxygen atoms in total. The molecule has 0 aliphatic heterocycles. The average Bonchev–Trinajstić information content (AvgIpc) is 2.43. The number of aliphatic hydroxyl groups is 1. The van der Waals surface area contributed by atoms with Crippen LogP contribution in [0.4, 0.5) is 0 Å². The van der Waals surface area contributed by atoms with Crippen LogP contribution in [0.2, 0.25) is 0 Å². The van der Waals surface area contributed by atoms with Crippen LogP contribution in [0.15, 0.2) is 42.5 Å². The van der Waals surface area contributed by atoms with Crippen LogP contribution in [0, 0.1) is 5.92 Å². The predicted molar refractivity (Wildman–Crippen MR) is 81.2 cm³/mol. The van der Waals surface area contributed by atoms with Crippen molar-refractivity contribution in [2.24, 2.45) is 5.92 Å². The van der Waals surface area contributed by atoms with E-state index in [9.17, 15) is 5.11 Å². The zero-order valence-corrected chi connectivity index (χ0v) is 11.9. The van der Waals surface area contributed by atoms with Gasteiger partial charge in [0.15, 0.2) is 0 Å². The number of benzene rings is 2. The molecule has 2 rings (SSSR count). The van der Waals surface area contributed by atoms with Crippen molar-refractivity contribution in [3.8, 4) is 0 Å². The third-order valence-corrected chi connectivity index (χ3v) is 3.68. The Morgan fingerprint density at radius 1 is 1.00 bits per heavy atom. The molecule has 2 heteroatoms. The first-order valence-corrected chi connectivity index (χ1v) is 6.98. The van der Waals surface area contributed by atoms with Gasteiger partial charge in [-0.1, -0.05) is 50.2 Å². The molecule has 0 amide bonds. The first kappa shape index (κ1) is 14.0. The molecule has 0 radical (unpaired) electrons. The van der Waals surface area contributed by atoms with Crippen molar-refractivity contribution in [1.29, 1.82) is 0 Å². The van der Waals surface area contributed by atoms with Crippen molar-refractivity contribution < 1.29 is 5.11 Å². The molecule has 2 aromatic carbocycles. The van der Waals surface area contributed by atoms with Crippen LogP contribution in [0.25, 0.3) is 10.8 Å². The van der Waals surface area contributed by atoms with Gasteiger partial charge in [-0.2, -0.15) is 0 Å². The minimum atomic E-state index is -0.289. The summed E-state index contributed by atoms with van der Waals surface area (Å²) in [5.41, 5.74) is 1.26. The molecule has 0 aromatic heterocycles. The Balaban J connectivity index is 2.06. The van der Waals surface area contributed by atoms with Crippen LogP contribution in [0.5, 0.6) is 0 Å². The topological polar surface area (TPSA) is 32.3 Å². The van der Waals surface area contributed by atoms with E-state index in [0.717, 1.165) is 0 Å². The fraction of sp³-hybridized carbons (Fsp3) is 0.412. The van der Waals surface area contributed by atoms with Gasteiger partial charge in [0.25, 0.3) is 0 Å². The SMILES string of the molecule is CC(NCC(O)C(C)C)c1ccc2ccccc2c1. The second-order valence-corrected chi connectivity index (χ2v) is 5.55. The predicted octanol–water partition coefficient (Wildman–Crippen LogP) is 3.51. The summed E-state index contributed by atoms with van der Waals surface area (Å²) in [6.45, 7) is 6.84. The van der Waals surface area contributed by atoms with Crippen LogP contribution in [0.1, 0.15) is 32.4 Å². The average molecular weight is 257 g/mol. The second kappa shape index (κ2) is 6.18. The fourth-order valence-electron chi connectivity index (χ4n) is 2.13. The Hall–Kier alpha value is -1.38. The molecule has 0 aliphatic rings. The van der Waals surface area contributed by atoms with E-state index in [-0.39, 0.29) is 18.1 Å². The van der Waals surface area contributed by atoms with Crippen molar-refractivity contribution in [3.63, 3.8) is 0 Å². The van der Waals surface area contributed by atoms with E-state index < -0.39 is 0 Å². The summed E-state index contributed by atoms with van der Waals surface area (Å²) < 4.78 is 0. The molecular formula is C17H23NO. The van der Waals surface area contributed by atoms with E-state index >= 15 is 0 Å². The van der Waals surface area contributed by atoms with Gasteiger partial charge in [0.1, 0.15) is 0 Å². The Morgan fingerprint density at radius 2 is 1.68 bits per heavy atom. The second-order valence-electron chi connectivity index (χ2n) is 5.55. The number of aliphatic hydroxyl groups excluding tert-OH is 1. The van der Waals surface area contributed by atoms with Gasteiger partial charge < -0.3 is 10.4 Å². The molecule has 0 bridgehead atoms. The van der Waals surface area contributed by atoms with Crippen LogP contribution < -0.4 is 5.32 Å². The van der Waals surface area contributed by atoms with Gasteiger partial charge in [-0.15, -0.1) is 0 Å². The smallest absolute Gasteiger partial charge is 0.0687 e. The van der Waals surface area contributed by atoms with Gasteiger partial charge in [0.2, 0.25) is 0 Å². The molecular weight excluding hydrogens is 234 g/mol. The molecule has 0 aliphatic carbocycles. The lowest BCUT2D eigenvalue weighted by Crippen LogP contribution is -2.32. The van der Waals surface area contributed by atoms with E-state index in [4.69, 9.17) is 0 Å². The van der Waals surface area contributed by atoms with Crippen molar-refractivity contribution in [1.82, 2.24) is 5.32 Å². The maximum absolute atomic E-state index is 9.83. The summed E-state index contributed by atoms with van der Waals surface area (Å²) in [5, 5.41) is 15.8. The molecule has 2 unspecified atom stereocenters. The standard InChI is InChI=1S/C17H23NO/c1-12(2)17(19)11-18-13(3)15-9-8-14-6-4-5-7-16(14)10-15/h4-10,12-13,17-19H,11H2,1-3H3. The first-order chi connectivity index (χ1) is 9.08. The molecule has 2 atom stereocenters. The van der Waals surface area contributed by atoms with Crippen LogP contribution >= 0.6 is 0 Å². The molecule has 102 valence electrons. The minimum absolute atomic E-state index is 0.248. The highest BCUT2D eigenvalue weighted by atomic mass is 16.3. The first-order valence-electron chi connectivity index (χ1n) is 6.98. The molecule has 0 saturated carbocycles. The number of hydrogen-bond donors (Lipinski definition) is 2. The largest absolute Gasteiger partial charge is 0.392 e. The van der Waals surface area contributed by atoms with E-state index in [1.54, 1.807) is 0 Å². The summed E-state index contributed by atoms with van der Waals surface area (Å²) >= 11 is 0. The third-order valence-electron chi connectivity index (χ3n) is 3.68. The van der Waals surface area contributed by atoms with Crippen molar-refractivity contribution in [2.45, 2.75) is 32.9 Å². The molecule has 0 saturated heterocycles. The Labute approximate surface area is 115 Å². The summed E-state index contributed by atoms with van der Waals surface area (Å²) in [7, 11) is 0. The van der Waals surface area contributed by atoms with Gasteiger partial charge in [-0.05, 0) is 35.2 Å². The Morgan fingerprint density at radius 3 is 2.37 bits per heavy atom. The number of nitrogens with one attached hydrogen (secondary N) is 1. The lowest BCUT2D eigenvalue weighted by molar-refractivity contribution is 0.121. The molecule has 0 fully saturated rings. The minimum Gasteiger partial charge on any atom is -0.392 e. The van der Waals surface area contributed by atoms with Gasteiger partial charge >= 0.3 is 0 Å². The van der Waals surface area contributed by atoms with E-state index in [0.29, 0.717) is 6.54 Å². The van der Waals surface area contributed by atoms with E-state index in [2.05, 4.69) is 54.7 Å². The highest BCUT2D eigenvalue weighted by molar-refractivity contribution is 5.83. The van der Waals surface area contributed by atoms with Crippen LogP contribution in [-0.2, 0) is 0 Å². The number of hydrogen-bond acceptors (Lipinski definition) is 2. The Kier molecular flexibility index (Phi) is 4.56. The molecule has 2 N–H and O–H groups in total. The Bertz CT molecular complexity index is 536. The summed E-state index contributed by atoms with van der Waals surface area (Å²) in [4.78, 5) is 0. The molecule has 2 aromatic rings. The monoisotopic (exact) mass is 257 g/mol.